The van der Waals surface area contributed by atoms with E-state index in [0.717, 1.165) is 32.2 Å². The van der Waals surface area contributed by atoms with Gasteiger partial charge in [0.05, 0.1) is 16.9 Å². The number of rotatable bonds is 29. The first-order valence-corrected chi connectivity index (χ1v) is 58.7. The molecule has 9 heterocycles. The fourth-order valence-electron chi connectivity index (χ4n) is 35.5. The van der Waals surface area contributed by atoms with E-state index in [4.69, 9.17) is 0 Å². The van der Waals surface area contributed by atoms with Crippen molar-refractivity contribution >= 4 is 382 Å². The molecule has 1 aliphatic heterocycles. The van der Waals surface area contributed by atoms with Crippen LogP contribution in [0.15, 0.2) is 72.8 Å². The summed E-state index contributed by atoms with van der Waals surface area (Å²) >= 11 is 16.6. The van der Waals surface area contributed by atoms with Gasteiger partial charge in [0.15, 0.2) is 0 Å². The molecule has 0 bridgehead atoms. The fraction of sp³-hybridized carbons (Fsp3) is 0.225. The van der Waals surface area contributed by atoms with Crippen molar-refractivity contribution in [2.45, 2.75) is 173 Å². The Kier molecular flexibility index (Phi) is 13.0. The number of unbranched alkanes of at least 4 members (excludes halogenated alkanes) is 12. The summed E-state index contributed by atoms with van der Waals surface area (Å²) < 4.78 is 0. The molecule has 3 fully saturated rings. The Hall–Kier alpha value is -9.46. The molecule has 2 saturated carbocycles. The van der Waals surface area contributed by atoms with Gasteiger partial charge in [0.25, 0.3) is 0 Å². The molecule has 8 aromatic heterocycles. The third-order valence-electron chi connectivity index (χ3n) is 39.2. The predicted octanol–water partition coefficient (Wildman–Crippen LogP) is 40.4. The molecule has 2 spiro atoms. The van der Waals surface area contributed by atoms with E-state index in [1.807, 2.05) is 66.1 Å². The normalized spacial score (nSPS) is 19.1. The van der Waals surface area contributed by atoms with Crippen LogP contribution in [0, 0.1) is 63.7 Å². The standard InChI is InChI=1S/C124H74NS8.C5H5.Fe/c1-6-10-14-18-26-44-38-56(43-24-22-23-25-43)130-118(44)52-34-30-48(126-52)49-31-35-53(127-49)119-45(27-19-15-11-7-2)39-57(131-119)58-40-46(28-20-16-12-8-3)120(132-58)54-36-32-50(128-54)51-33-37-55(129-51)121-47(29-21-17-13-9-4)41-59(133-121)122-124-116-109-101-89-81-72-63-61-60-62-66(63)75-82-80-71(62)73-69-64(60)67-68-65(61)70-74(72)87(89)95-93-79(70)77(68)85-84-76(67)78(69)92-94-86(73)88(80)100-102-90(82)91(83(75)81)103(101)112(116)111(102)114-107(100)105(94)108-98(92)96(84)104-97(85)99(93)110(106(95)109)117(124)113(104)115(108)123(114,124)42-125(122)5;1-2-4-5-3-1;/h22-25,30-41,122H,6-21,26-29,42H2,1-5H3;1-5H;/q;;+2. The van der Waals surface area contributed by atoms with Crippen LogP contribution >= 0.6 is 90.7 Å². The molecule has 654 valence electrons. The Morgan fingerprint density at radius 1 is 0.230 bits per heavy atom. The zero-order valence-electron chi connectivity index (χ0n) is 77.1. The van der Waals surface area contributed by atoms with Gasteiger partial charge in [-0.05, 0) is 524 Å². The topological polar surface area (TPSA) is 3.24 Å². The number of likely N-dealkylation sites (N-methyl/N-ethyl adjacent to an activating group) is 1. The smallest absolute Gasteiger partial charge is 0.296 e. The molecule has 0 N–H and O–H groups in total. The zero-order valence-corrected chi connectivity index (χ0v) is 84.8. The number of thiophene rings is 8. The molecule has 36 aromatic rings. The first-order valence-electron chi connectivity index (χ1n) is 52.2. The van der Waals surface area contributed by atoms with Crippen molar-refractivity contribution in [1.29, 1.82) is 0 Å². The monoisotopic (exact) mass is 1950 g/mol. The first kappa shape index (κ1) is 75.3. The van der Waals surface area contributed by atoms with Crippen molar-refractivity contribution in [2.24, 2.45) is 0 Å². The van der Waals surface area contributed by atoms with Gasteiger partial charge < -0.3 is 0 Å². The van der Waals surface area contributed by atoms with Crippen molar-refractivity contribution in [3.05, 3.63) is 191 Å². The minimum atomic E-state index is -0.399. The third kappa shape index (κ3) is 7.20. The fourth-order valence-corrected chi connectivity index (χ4v) is 45.5. The van der Waals surface area contributed by atoms with Crippen molar-refractivity contribution in [3.8, 4) is 68.3 Å². The van der Waals surface area contributed by atoms with Crippen molar-refractivity contribution in [3.63, 3.8) is 0 Å². The number of likely N-dealkylation sites (tertiary alicyclic amines) is 1. The third-order valence-corrected chi connectivity index (χ3v) is 49.6. The molecule has 7 aliphatic rings. The summed E-state index contributed by atoms with van der Waals surface area (Å²) in [6, 6.07) is 30.8. The van der Waals surface area contributed by atoms with Crippen LogP contribution in [0.2, 0.25) is 0 Å². The van der Waals surface area contributed by atoms with Crippen LogP contribution in [0.3, 0.4) is 0 Å². The Balaban J connectivity index is 0.00000125. The molecule has 28 aromatic carbocycles. The van der Waals surface area contributed by atoms with E-state index in [0.29, 0.717) is 0 Å². The maximum absolute atomic E-state index is 3.09. The SMILES string of the molecule is CCCCCCc1cc([C]2[CH][CH][CH][CH]2)sc1-c1ccc(-c2ccc(-c3sc(-c4cc(CCCCCC)c(-c5ccc(-c6ccc(-c7sc(C8N(C)CC9%10c%11c%12c%13c%14c%15c%16c(c%17c%18c9c9c%19c%11c%11c%20c%12c%12c%14c%14c%15c%15c%21c%16c%17c%16c%17c%18c9c9c%18c%19c%11c%11c%19c%20c%12c%12c%14c%14c%15c%15c%21c%16c%16c%17c9c9c%18c%11c%11c%19c%12c%14c%12c%15c%16c9c%11%12)C%138%10)cc7CCCCCC)s6)s5)s4)cc3CCCCCC)s2)s1.[CH]1[CH][CH][CH][CH]1.[Fe+2]. The van der Waals surface area contributed by atoms with Gasteiger partial charge in [0, 0.05) is 90.5 Å². The van der Waals surface area contributed by atoms with Crippen LogP contribution in [0.1, 0.15) is 191 Å². The van der Waals surface area contributed by atoms with Crippen molar-refractivity contribution in [2.75, 3.05) is 13.6 Å². The van der Waals surface area contributed by atoms with Gasteiger partial charge in [-0.1, -0.05) is 105 Å². The number of hydrogen-bond donors (Lipinski definition) is 0. The van der Waals surface area contributed by atoms with Gasteiger partial charge in [0.2, 0.25) is 0 Å². The summed E-state index contributed by atoms with van der Waals surface area (Å²) in [6.45, 7) is 10.5. The summed E-state index contributed by atoms with van der Waals surface area (Å²) in [4.78, 5) is 26.4. The number of benzene rings is 17. The van der Waals surface area contributed by atoms with Crippen LogP contribution in [0.25, 0.3) is 359 Å². The Bertz CT molecular complexity index is 11200. The molecule has 3 atom stereocenters. The van der Waals surface area contributed by atoms with E-state index < -0.39 is 5.41 Å². The molecular formula is C129H79FeNS8+2. The van der Waals surface area contributed by atoms with E-state index in [-0.39, 0.29) is 28.5 Å². The van der Waals surface area contributed by atoms with E-state index in [1.165, 1.54) is 182 Å². The molecular weight excluding hydrogens is 1880 g/mol. The quantitative estimate of drug-likeness (QED) is 0.0257. The summed E-state index contributed by atoms with van der Waals surface area (Å²) in [5, 5.41) is 90.8. The zero-order chi connectivity index (χ0) is 88.1. The van der Waals surface area contributed by atoms with Gasteiger partial charge in [-0.2, -0.15) is 0 Å². The Morgan fingerprint density at radius 3 is 0.777 bits per heavy atom. The van der Waals surface area contributed by atoms with E-state index in [9.17, 15) is 0 Å². The molecule has 10 heteroatoms. The second-order valence-electron chi connectivity index (χ2n) is 44.7. The van der Waals surface area contributed by atoms with Gasteiger partial charge in [0.1, 0.15) is 0 Å². The maximum Gasteiger partial charge on any atom is 2.00 e. The summed E-state index contributed by atoms with van der Waals surface area (Å²) in [6.07, 6.45) is 43.8. The van der Waals surface area contributed by atoms with Crippen LogP contribution in [-0.4, -0.2) is 18.5 Å². The molecule has 3 unspecified atom stereocenters. The van der Waals surface area contributed by atoms with E-state index >= 15 is 0 Å². The van der Waals surface area contributed by atoms with E-state index in [1.54, 1.807) is 340 Å². The summed E-state index contributed by atoms with van der Waals surface area (Å²) in [7, 11) is 2.68. The van der Waals surface area contributed by atoms with Crippen LogP contribution < -0.4 is 0 Å². The first-order chi connectivity index (χ1) is 68.4. The van der Waals surface area contributed by atoms with Gasteiger partial charge in [-0.15, -0.1) is 90.7 Å². The second kappa shape index (κ2) is 23.9. The second-order valence-corrected chi connectivity index (χ2v) is 53.3. The van der Waals surface area contributed by atoms with Gasteiger partial charge in [-0.3, -0.25) is 4.90 Å². The number of hydrogen-bond acceptors (Lipinski definition) is 9. The Morgan fingerprint density at radius 2 is 0.460 bits per heavy atom. The average molecular weight is 1960 g/mol. The molecule has 10 radical (unpaired) electrons. The largest absolute Gasteiger partial charge is 2.00 e. The average Bonchev–Trinajstić information content (AvgIpc) is 1.38. The van der Waals surface area contributed by atoms with Crippen molar-refractivity contribution < 1.29 is 17.1 Å². The minimum Gasteiger partial charge on any atom is -0.296 e. The molecule has 1 nitrogen and oxygen atoms in total. The van der Waals surface area contributed by atoms with Gasteiger partial charge in [-0.25, -0.2) is 0 Å². The number of nitrogens with zero attached hydrogens (tertiary/aromatic N) is 1. The van der Waals surface area contributed by atoms with Crippen LogP contribution in [0.4, 0.5) is 0 Å². The summed E-state index contributed by atoms with van der Waals surface area (Å²) in [5.74, 6) is 1.35. The molecule has 0 amide bonds. The number of aryl methyl sites for hydroxylation is 4. The predicted molar refractivity (Wildman–Crippen MR) is 609 cm³/mol. The molecule has 43 rings (SSSR count). The van der Waals surface area contributed by atoms with Crippen molar-refractivity contribution in [1.82, 2.24) is 4.90 Å². The molecule has 139 heavy (non-hydrogen) atoms. The van der Waals surface area contributed by atoms with Crippen LogP contribution in [0.5, 0.6) is 0 Å². The molecule has 6 aliphatic carbocycles. The van der Waals surface area contributed by atoms with Gasteiger partial charge >= 0.3 is 17.1 Å². The maximum atomic E-state index is 3.09. The minimum absolute atomic E-state index is 0. The Labute approximate surface area is 840 Å². The summed E-state index contributed by atoms with van der Waals surface area (Å²) in [5.41, 5.74) is 12.7. The molecule has 1 saturated heterocycles. The van der Waals surface area contributed by atoms with Crippen LogP contribution in [-0.2, 0) is 53.6 Å². The van der Waals surface area contributed by atoms with E-state index in [2.05, 4.69) is 195 Å².